The first-order chi connectivity index (χ1) is 4.12. The van der Waals surface area contributed by atoms with Crippen LogP contribution in [-0.2, 0) is 0 Å². The maximum absolute atomic E-state index is 8.25. The van der Waals surface area contributed by atoms with Crippen molar-refractivity contribution >= 4 is 0 Å². The highest BCUT2D eigenvalue weighted by molar-refractivity contribution is 4.81. The molecule has 0 radical (unpaired) electrons. The minimum atomic E-state index is 0.121. The van der Waals surface area contributed by atoms with Gasteiger partial charge < -0.3 is 5.32 Å². The summed E-state index contributed by atoms with van der Waals surface area (Å²) in [6.45, 7) is 4.18. The molecule has 0 spiro atoms. The number of hydrogen-bond donors (Lipinski definition) is 1. The summed E-state index contributed by atoms with van der Waals surface area (Å²) < 4.78 is 0. The van der Waals surface area contributed by atoms with Gasteiger partial charge in [-0.05, 0) is 27.3 Å². The van der Waals surface area contributed by atoms with Crippen LogP contribution in [0.1, 0.15) is 26.7 Å². The van der Waals surface area contributed by atoms with E-state index in [-0.39, 0.29) is 5.54 Å². The van der Waals surface area contributed by atoms with Gasteiger partial charge in [-0.1, -0.05) is 0 Å². The molecule has 1 N–H and O–H groups in total. The minimum absolute atomic E-state index is 0.121. The monoisotopic (exact) mass is 126 g/mol. The smallest absolute Gasteiger partial charge is 0.0622 e. The first-order valence-corrected chi connectivity index (χ1v) is 3.18. The van der Waals surface area contributed by atoms with Gasteiger partial charge in [0.25, 0.3) is 0 Å². The molecule has 0 fully saturated rings. The average Bonchev–Trinajstić information content (AvgIpc) is 1.84. The number of nitrogens with zero attached hydrogens (tertiary/aromatic N) is 1. The zero-order valence-electron chi connectivity index (χ0n) is 6.36. The van der Waals surface area contributed by atoms with Crippen molar-refractivity contribution in [2.45, 2.75) is 32.2 Å². The van der Waals surface area contributed by atoms with Gasteiger partial charge in [-0.25, -0.2) is 0 Å². The number of nitriles is 1. The van der Waals surface area contributed by atoms with Crippen LogP contribution in [0, 0.1) is 11.3 Å². The number of nitrogens with one attached hydrogen (secondary N) is 1. The van der Waals surface area contributed by atoms with Crippen LogP contribution in [0.3, 0.4) is 0 Å². The molecule has 0 saturated heterocycles. The summed E-state index contributed by atoms with van der Waals surface area (Å²) in [4.78, 5) is 0. The van der Waals surface area contributed by atoms with Crippen LogP contribution < -0.4 is 5.32 Å². The molecule has 0 unspecified atom stereocenters. The molecular weight excluding hydrogens is 112 g/mol. The number of rotatable bonds is 3. The molecule has 52 valence electrons. The van der Waals surface area contributed by atoms with E-state index in [2.05, 4.69) is 25.2 Å². The quantitative estimate of drug-likeness (QED) is 0.618. The van der Waals surface area contributed by atoms with Crippen molar-refractivity contribution in [1.82, 2.24) is 5.32 Å². The Balaban J connectivity index is 3.48. The predicted molar refractivity (Wildman–Crippen MR) is 38.0 cm³/mol. The molecule has 0 aliphatic heterocycles. The molecule has 9 heavy (non-hydrogen) atoms. The Kier molecular flexibility index (Phi) is 3.26. The van der Waals surface area contributed by atoms with Gasteiger partial charge in [-0.2, -0.15) is 5.26 Å². The molecule has 0 aromatic heterocycles. The van der Waals surface area contributed by atoms with E-state index in [9.17, 15) is 0 Å². The topological polar surface area (TPSA) is 35.8 Å². The van der Waals surface area contributed by atoms with E-state index in [1.54, 1.807) is 0 Å². The lowest BCUT2D eigenvalue weighted by Gasteiger charge is -2.21. The SMILES string of the molecule is CNC(C)(C)CCC#N. The van der Waals surface area contributed by atoms with Crippen molar-refractivity contribution in [3.05, 3.63) is 0 Å². The Morgan fingerprint density at radius 1 is 1.56 bits per heavy atom. The van der Waals surface area contributed by atoms with Crippen molar-refractivity contribution in [2.24, 2.45) is 0 Å². The first kappa shape index (κ1) is 8.45. The van der Waals surface area contributed by atoms with Gasteiger partial charge in [0, 0.05) is 12.0 Å². The van der Waals surface area contributed by atoms with Gasteiger partial charge in [0.15, 0.2) is 0 Å². The van der Waals surface area contributed by atoms with E-state index in [1.165, 1.54) is 0 Å². The maximum Gasteiger partial charge on any atom is 0.0622 e. The van der Waals surface area contributed by atoms with Crippen LogP contribution in [0.5, 0.6) is 0 Å². The van der Waals surface area contributed by atoms with Gasteiger partial charge in [0.2, 0.25) is 0 Å². The van der Waals surface area contributed by atoms with E-state index >= 15 is 0 Å². The Bertz CT molecular complexity index is 111. The molecule has 0 saturated carbocycles. The molecular formula is C7H14N2. The number of hydrogen-bond acceptors (Lipinski definition) is 2. The molecule has 0 amide bonds. The molecule has 2 heteroatoms. The highest BCUT2D eigenvalue weighted by Gasteiger charge is 2.12. The molecule has 2 nitrogen and oxygen atoms in total. The fourth-order valence-electron chi connectivity index (χ4n) is 0.493. The highest BCUT2D eigenvalue weighted by Crippen LogP contribution is 2.08. The van der Waals surface area contributed by atoms with Crippen molar-refractivity contribution in [1.29, 1.82) is 5.26 Å². The van der Waals surface area contributed by atoms with Crippen molar-refractivity contribution in [2.75, 3.05) is 7.05 Å². The minimum Gasteiger partial charge on any atom is -0.315 e. The Labute approximate surface area is 56.9 Å². The normalized spacial score (nSPS) is 10.9. The third-order valence-corrected chi connectivity index (χ3v) is 1.54. The molecule has 0 aliphatic carbocycles. The lowest BCUT2D eigenvalue weighted by Crippen LogP contribution is -2.35. The summed E-state index contributed by atoms with van der Waals surface area (Å²) in [5, 5.41) is 11.4. The third-order valence-electron chi connectivity index (χ3n) is 1.54. The standard InChI is InChI=1S/C7H14N2/c1-7(2,9-3)5-4-6-8/h9H,4-5H2,1-3H3. The zero-order chi connectivity index (χ0) is 7.33. The molecule has 0 aromatic rings. The van der Waals surface area contributed by atoms with Gasteiger partial charge in [-0.3, -0.25) is 0 Å². The first-order valence-electron chi connectivity index (χ1n) is 3.18. The summed E-state index contributed by atoms with van der Waals surface area (Å²) in [6, 6.07) is 2.12. The van der Waals surface area contributed by atoms with E-state index in [4.69, 9.17) is 5.26 Å². The maximum atomic E-state index is 8.25. The second-order valence-electron chi connectivity index (χ2n) is 2.79. The summed E-state index contributed by atoms with van der Waals surface area (Å²) in [5.41, 5.74) is 0.121. The average molecular weight is 126 g/mol. The Morgan fingerprint density at radius 3 is 2.44 bits per heavy atom. The van der Waals surface area contributed by atoms with Crippen molar-refractivity contribution < 1.29 is 0 Å². The van der Waals surface area contributed by atoms with Gasteiger partial charge >= 0.3 is 0 Å². The molecule has 0 atom stereocenters. The van der Waals surface area contributed by atoms with Crippen LogP contribution in [-0.4, -0.2) is 12.6 Å². The zero-order valence-corrected chi connectivity index (χ0v) is 6.36. The van der Waals surface area contributed by atoms with Crippen LogP contribution in [0.2, 0.25) is 0 Å². The Morgan fingerprint density at radius 2 is 2.11 bits per heavy atom. The lowest BCUT2D eigenvalue weighted by atomic mass is 10.00. The molecule has 0 aromatic carbocycles. The predicted octanol–water partition coefficient (Wildman–Crippen LogP) is 1.29. The van der Waals surface area contributed by atoms with E-state index in [0.717, 1.165) is 6.42 Å². The van der Waals surface area contributed by atoms with Crippen LogP contribution in [0.25, 0.3) is 0 Å². The summed E-state index contributed by atoms with van der Waals surface area (Å²) in [5.74, 6) is 0. The van der Waals surface area contributed by atoms with Gasteiger partial charge in [0.05, 0.1) is 6.07 Å². The second-order valence-corrected chi connectivity index (χ2v) is 2.79. The largest absolute Gasteiger partial charge is 0.315 e. The van der Waals surface area contributed by atoms with Crippen LogP contribution in [0.4, 0.5) is 0 Å². The molecule has 0 bridgehead atoms. The summed E-state index contributed by atoms with van der Waals surface area (Å²) in [7, 11) is 1.91. The molecule has 0 heterocycles. The fraction of sp³-hybridized carbons (Fsp3) is 0.857. The van der Waals surface area contributed by atoms with Crippen LogP contribution >= 0.6 is 0 Å². The second kappa shape index (κ2) is 3.47. The van der Waals surface area contributed by atoms with Gasteiger partial charge in [0.1, 0.15) is 0 Å². The Hall–Kier alpha value is -0.550. The van der Waals surface area contributed by atoms with Crippen molar-refractivity contribution in [3.8, 4) is 6.07 Å². The van der Waals surface area contributed by atoms with Crippen molar-refractivity contribution in [3.63, 3.8) is 0 Å². The van der Waals surface area contributed by atoms with E-state index in [0.29, 0.717) is 6.42 Å². The highest BCUT2D eigenvalue weighted by atomic mass is 14.9. The van der Waals surface area contributed by atoms with Crippen LogP contribution in [0.15, 0.2) is 0 Å². The fourth-order valence-corrected chi connectivity index (χ4v) is 0.493. The summed E-state index contributed by atoms with van der Waals surface area (Å²) in [6.07, 6.45) is 1.55. The third kappa shape index (κ3) is 3.99. The van der Waals surface area contributed by atoms with Gasteiger partial charge in [-0.15, -0.1) is 0 Å². The lowest BCUT2D eigenvalue weighted by molar-refractivity contribution is 0.398. The van der Waals surface area contributed by atoms with E-state index in [1.807, 2.05) is 7.05 Å². The van der Waals surface area contributed by atoms with E-state index < -0.39 is 0 Å². The summed E-state index contributed by atoms with van der Waals surface area (Å²) >= 11 is 0. The molecule has 0 rings (SSSR count). The molecule has 0 aliphatic rings.